The van der Waals surface area contributed by atoms with Crippen LogP contribution in [0.2, 0.25) is 0 Å². The molecule has 1 aromatic rings. The second-order valence-electron chi connectivity index (χ2n) is 6.00. The van der Waals surface area contributed by atoms with Gasteiger partial charge in [0.05, 0.1) is 11.1 Å². The van der Waals surface area contributed by atoms with E-state index in [1.165, 1.54) is 4.90 Å². The number of likely N-dealkylation sites (tertiary alicyclic amines) is 1. The van der Waals surface area contributed by atoms with Gasteiger partial charge in [0.25, 0.3) is 0 Å². The van der Waals surface area contributed by atoms with Gasteiger partial charge in [-0.3, -0.25) is 4.90 Å². The number of carbonyl (C=O) groups excluding carboxylic acids is 1. The van der Waals surface area contributed by atoms with Crippen LogP contribution in [-0.2, 0) is 12.4 Å². The van der Waals surface area contributed by atoms with Crippen molar-refractivity contribution >= 4 is 11.7 Å². The molecule has 0 atom stereocenters. The highest BCUT2D eigenvalue weighted by Gasteiger charge is 2.38. The van der Waals surface area contributed by atoms with E-state index < -0.39 is 35.2 Å². The first-order valence-corrected chi connectivity index (χ1v) is 8.05. The first kappa shape index (κ1) is 20.3. The van der Waals surface area contributed by atoms with Gasteiger partial charge in [0.15, 0.2) is 0 Å². The minimum atomic E-state index is -4.95. The Balaban J connectivity index is 2.13. The number of amides is 2. The number of nitrogens with one attached hydrogen (secondary N) is 1. The van der Waals surface area contributed by atoms with Crippen molar-refractivity contribution in [3.05, 3.63) is 29.3 Å². The molecule has 1 aromatic carbocycles. The van der Waals surface area contributed by atoms with Gasteiger partial charge in [0.2, 0.25) is 0 Å². The second-order valence-corrected chi connectivity index (χ2v) is 6.00. The molecule has 2 rings (SSSR count). The number of alkyl halides is 6. The molecular formula is C16H19F6N3O. The Morgan fingerprint density at radius 2 is 1.50 bits per heavy atom. The van der Waals surface area contributed by atoms with Gasteiger partial charge in [-0.15, -0.1) is 0 Å². The average Bonchev–Trinajstić information content (AvgIpc) is 2.48. The van der Waals surface area contributed by atoms with Crippen LogP contribution in [0.25, 0.3) is 0 Å². The number of hydrogen-bond acceptors (Lipinski definition) is 2. The number of anilines is 1. The molecule has 0 radical (unpaired) electrons. The number of rotatable bonds is 4. The maximum atomic E-state index is 12.8. The number of benzene rings is 1. The topological polar surface area (TPSA) is 35.6 Å². The third-order valence-corrected chi connectivity index (χ3v) is 4.32. The van der Waals surface area contributed by atoms with Gasteiger partial charge in [-0.25, -0.2) is 4.79 Å². The van der Waals surface area contributed by atoms with Crippen LogP contribution in [0, 0.1) is 0 Å². The zero-order chi connectivity index (χ0) is 19.7. The van der Waals surface area contributed by atoms with Gasteiger partial charge in [-0.1, -0.05) is 13.8 Å². The molecule has 1 aliphatic rings. The van der Waals surface area contributed by atoms with Crippen LogP contribution in [0.15, 0.2) is 18.2 Å². The Bertz CT molecular complexity index is 616. The van der Waals surface area contributed by atoms with Crippen molar-refractivity contribution in [2.75, 3.05) is 31.5 Å². The summed E-state index contributed by atoms with van der Waals surface area (Å²) in [7, 11) is 0. The Kier molecular flexibility index (Phi) is 5.74. The molecule has 1 saturated heterocycles. The van der Waals surface area contributed by atoms with E-state index in [0.717, 1.165) is 13.1 Å². The average molecular weight is 383 g/mol. The van der Waals surface area contributed by atoms with Gasteiger partial charge in [0.1, 0.15) is 0 Å². The highest BCUT2D eigenvalue weighted by Crippen LogP contribution is 2.37. The lowest BCUT2D eigenvalue weighted by Crippen LogP contribution is -2.61. The minimum absolute atomic E-state index is 0.0235. The minimum Gasteiger partial charge on any atom is -0.321 e. The summed E-state index contributed by atoms with van der Waals surface area (Å²) in [5, 5.41) is 2.13. The van der Waals surface area contributed by atoms with Crippen molar-refractivity contribution in [3.8, 4) is 0 Å². The van der Waals surface area contributed by atoms with E-state index in [0.29, 0.717) is 25.2 Å². The molecule has 1 fully saturated rings. The van der Waals surface area contributed by atoms with Gasteiger partial charge >= 0.3 is 18.4 Å². The van der Waals surface area contributed by atoms with Crippen LogP contribution in [-0.4, -0.2) is 48.1 Å². The van der Waals surface area contributed by atoms with E-state index in [4.69, 9.17) is 0 Å². The van der Waals surface area contributed by atoms with Crippen LogP contribution in [0.1, 0.15) is 25.0 Å². The number of carbonyl (C=O) groups is 1. The van der Waals surface area contributed by atoms with Gasteiger partial charge in [-0.2, -0.15) is 26.3 Å². The molecular weight excluding hydrogens is 364 g/mol. The molecule has 1 aliphatic heterocycles. The summed E-state index contributed by atoms with van der Waals surface area (Å²) >= 11 is 0. The molecule has 0 spiro atoms. The van der Waals surface area contributed by atoms with E-state index in [-0.39, 0.29) is 12.1 Å². The van der Waals surface area contributed by atoms with Crippen LogP contribution < -0.4 is 5.32 Å². The van der Waals surface area contributed by atoms with E-state index in [1.54, 1.807) is 0 Å². The molecule has 10 heteroatoms. The third-order valence-electron chi connectivity index (χ3n) is 4.32. The molecule has 2 amide bonds. The number of hydrogen-bond donors (Lipinski definition) is 1. The van der Waals surface area contributed by atoms with Crippen molar-refractivity contribution in [1.82, 2.24) is 9.80 Å². The number of urea groups is 1. The number of halogens is 6. The van der Waals surface area contributed by atoms with E-state index >= 15 is 0 Å². The molecule has 4 nitrogen and oxygen atoms in total. The van der Waals surface area contributed by atoms with Crippen LogP contribution >= 0.6 is 0 Å². The molecule has 1 N–H and O–H groups in total. The van der Waals surface area contributed by atoms with Crippen molar-refractivity contribution in [3.63, 3.8) is 0 Å². The van der Waals surface area contributed by atoms with Crippen molar-refractivity contribution < 1.29 is 31.1 Å². The summed E-state index contributed by atoms with van der Waals surface area (Å²) in [6.45, 7) is 6.26. The lowest BCUT2D eigenvalue weighted by atomic mass is 10.1. The molecule has 0 aliphatic carbocycles. The maximum absolute atomic E-state index is 12.8. The standard InChI is InChI=1S/C16H19F6N3O/c1-3-24(4-2)13-8-25(9-13)14(26)23-12-6-10(15(17,18)19)5-11(7-12)16(20,21)22/h5-7,13H,3-4,8-9H2,1-2H3,(H,23,26). The zero-order valence-electron chi connectivity index (χ0n) is 14.2. The molecule has 1 heterocycles. The fourth-order valence-corrected chi connectivity index (χ4v) is 2.82. The maximum Gasteiger partial charge on any atom is 0.416 e. The summed E-state index contributed by atoms with van der Waals surface area (Å²) in [6.07, 6.45) is -9.91. The normalized spacial score (nSPS) is 16.0. The smallest absolute Gasteiger partial charge is 0.321 e. The number of likely N-dealkylation sites (N-methyl/N-ethyl adjacent to an activating group) is 1. The Morgan fingerprint density at radius 3 is 1.88 bits per heavy atom. The molecule has 0 aromatic heterocycles. The summed E-state index contributed by atoms with van der Waals surface area (Å²) in [5.41, 5.74) is -3.47. The summed E-state index contributed by atoms with van der Waals surface area (Å²) in [6, 6.07) is 0.433. The first-order valence-electron chi connectivity index (χ1n) is 8.05. The third kappa shape index (κ3) is 4.60. The van der Waals surface area contributed by atoms with Crippen molar-refractivity contribution in [1.29, 1.82) is 0 Å². The summed E-state index contributed by atoms with van der Waals surface area (Å²) in [4.78, 5) is 15.6. The van der Waals surface area contributed by atoms with Gasteiger partial charge in [0, 0.05) is 24.8 Å². The fraction of sp³-hybridized carbons (Fsp3) is 0.562. The predicted octanol–water partition coefficient (Wildman–Crippen LogP) is 4.28. The van der Waals surface area contributed by atoms with Crippen molar-refractivity contribution in [2.24, 2.45) is 0 Å². The van der Waals surface area contributed by atoms with Crippen LogP contribution in [0.4, 0.5) is 36.8 Å². The summed E-state index contributed by atoms with van der Waals surface area (Å²) < 4.78 is 77.0. The largest absolute Gasteiger partial charge is 0.416 e. The van der Waals surface area contributed by atoms with Crippen LogP contribution in [0.5, 0.6) is 0 Å². The zero-order valence-corrected chi connectivity index (χ0v) is 14.2. The molecule has 146 valence electrons. The Labute approximate surface area is 146 Å². The summed E-state index contributed by atoms with van der Waals surface area (Å²) in [5.74, 6) is 0. The highest BCUT2D eigenvalue weighted by atomic mass is 19.4. The van der Waals surface area contributed by atoms with Crippen molar-refractivity contribution in [2.45, 2.75) is 32.2 Å². The molecule has 0 unspecified atom stereocenters. The van der Waals surface area contributed by atoms with E-state index in [1.807, 2.05) is 13.8 Å². The lowest BCUT2D eigenvalue weighted by Gasteiger charge is -2.44. The predicted molar refractivity (Wildman–Crippen MR) is 83.7 cm³/mol. The monoisotopic (exact) mass is 383 g/mol. The molecule has 0 saturated carbocycles. The van der Waals surface area contributed by atoms with E-state index in [2.05, 4.69) is 10.2 Å². The van der Waals surface area contributed by atoms with Gasteiger partial charge in [-0.05, 0) is 31.3 Å². The van der Waals surface area contributed by atoms with E-state index in [9.17, 15) is 31.1 Å². The first-order chi connectivity index (χ1) is 12.0. The highest BCUT2D eigenvalue weighted by molar-refractivity contribution is 5.90. The Morgan fingerprint density at radius 1 is 1.04 bits per heavy atom. The fourth-order valence-electron chi connectivity index (χ4n) is 2.82. The second kappa shape index (κ2) is 7.34. The quantitative estimate of drug-likeness (QED) is 0.788. The lowest BCUT2D eigenvalue weighted by molar-refractivity contribution is -0.143. The van der Waals surface area contributed by atoms with Gasteiger partial charge < -0.3 is 10.2 Å². The number of nitrogens with zero attached hydrogens (tertiary/aromatic N) is 2. The Hall–Kier alpha value is -1.97. The molecule has 26 heavy (non-hydrogen) atoms. The SMILES string of the molecule is CCN(CC)C1CN(C(=O)Nc2cc(C(F)(F)F)cc(C(F)(F)F)c2)C1. The van der Waals surface area contributed by atoms with Crippen LogP contribution in [0.3, 0.4) is 0 Å². The molecule has 0 bridgehead atoms.